The van der Waals surface area contributed by atoms with Crippen molar-refractivity contribution in [1.82, 2.24) is 0 Å². The highest BCUT2D eigenvalue weighted by molar-refractivity contribution is 4.49. The van der Waals surface area contributed by atoms with E-state index in [1.165, 1.54) is 70.6 Å². The molecule has 0 N–H and O–H groups in total. The summed E-state index contributed by atoms with van der Waals surface area (Å²) in [7, 11) is 0. The highest BCUT2D eigenvalue weighted by atomic mass is 16.5. The normalized spacial score (nSPS) is 10.9. The van der Waals surface area contributed by atoms with Crippen molar-refractivity contribution >= 4 is 0 Å². The first-order valence-electron chi connectivity index (χ1n) is 7.85. The minimum atomic E-state index is 0.921. The van der Waals surface area contributed by atoms with Crippen molar-refractivity contribution in [2.24, 2.45) is 0 Å². The van der Waals surface area contributed by atoms with Gasteiger partial charge < -0.3 is 4.74 Å². The van der Waals surface area contributed by atoms with E-state index in [0.29, 0.717) is 0 Å². The summed E-state index contributed by atoms with van der Waals surface area (Å²) < 4.78 is 5.34. The van der Waals surface area contributed by atoms with Crippen LogP contribution in [0.2, 0.25) is 0 Å². The molecule has 0 heterocycles. The Labute approximate surface area is 109 Å². The Bertz CT molecular complexity index is 109. The Morgan fingerprint density at radius 2 is 1.12 bits per heavy atom. The third-order valence-electron chi connectivity index (χ3n) is 3.15. The van der Waals surface area contributed by atoms with E-state index in [1.807, 2.05) is 6.61 Å². The van der Waals surface area contributed by atoms with E-state index in [9.17, 15) is 0 Å². The molecule has 1 nitrogen and oxygen atoms in total. The first-order chi connectivity index (χ1) is 8.41. The molecule has 0 aromatic heterocycles. The molecule has 0 amide bonds. The summed E-state index contributed by atoms with van der Waals surface area (Å²) in [6, 6.07) is 0. The molecule has 0 atom stereocenters. The van der Waals surface area contributed by atoms with E-state index in [-0.39, 0.29) is 0 Å². The lowest BCUT2D eigenvalue weighted by molar-refractivity contribution is 0.188. The Balaban J connectivity index is 2.85. The van der Waals surface area contributed by atoms with Gasteiger partial charge in [0.25, 0.3) is 0 Å². The highest BCUT2D eigenvalue weighted by Crippen LogP contribution is 2.11. The fourth-order valence-corrected chi connectivity index (χ4v) is 2.05. The topological polar surface area (TPSA) is 9.23 Å². The Hall–Kier alpha value is -0.0400. The fraction of sp³-hybridized carbons (Fsp3) is 0.938. The summed E-state index contributed by atoms with van der Waals surface area (Å²) in [6.45, 7) is 7.23. The second-order valence-corrected chi connectivity index (χ2v) is 4.98. The summed E-state index contributed by atoms with van der Waals surface area (Å²) in [4.78, 5) is 0. The molecule has 0 aliphatic rings. The summed E-state index contributed by atoms with van der Waals surface area (Å²) in [6.07, 6.45) is 16.4. The van der Waals surface area contributed by atoms with Gasteiger partial charge in [-0.15, -0.1) is 0 Å². The zero-order chi connectivity index (χ0) is 12.6. The minimum Gasteiger partial charge on any atom is -0.376 e. The van der Waals surface area contributed by atoms with E-state index in [4.69, 9.17) is 4.74 Å². The van der Waals surface area contributed by atoms with Gasteiger partial charge in [-0.3, -0.25) is 0 Å². The monoisotopic (exact) mass is 241 g/mol. The first kappa shape index (κ1) is 17.0. The van der Waals surface area contributed by atoms with E-state index in [2.05, 4.69) is 13.8 Å². The van der Waals surface area contributed by atoms with Gasteiger partial charge in [0.15, 0.2) is 0 Å². The zero-order valence-electron chi connectivity index (χ0n) is 12.2. The summed E-state index contributed by atoms with van der Waals surface area (Å²) >= 11 is 0. The van der Waals surface area contributed by atoms with Gasteiger partial charge >= 0.3 is 0 Å². The number of hydrogen-bond acceptors (Lipinski definition) is 1. The molecule has 0 aliphatic heterocycles. The molecule has 0 aromatic carbocycles. The van der Waals surface area contributed by atoms with E-state index >= 15 is 0 Å². The first-order valence-corrected chi connectivity index (χ1v) is 7.85. The maximum absolute atomic E-state index is 5.34. The maximum Gasteiger partial charge on any atom is 0.0833 e. The second kappa shape index (κ2) is 16.0. The smallest absolute Gasteiger partial charge is 0.0833 e. The SMILES string of the molecule is CC[CH]OCCCCCCCCCCCCC. The van der Waals surface area contributed by atoms with Crippen LogP contribution in [0.1, 0.15) is 90.9 Å². The predicted octanol–water partition coefficient (Wildman–Crippen LogP) is 5.89. The average Bonchev–Trinajstić information content (AvgIpc) is 2.35. The van der Waals surface area contributed by atoms with Gasteiger partial charge in [-0.1, -0.05) is 78.1 Å². The predicted molar refractivity (Wildman–Crippen MR) is 77.0 cm³/mol. The number of ether oxygens (including phenoxy) is 1. The molecule has 103 valence electrons. The van der Waals surface area contributed by atoms with E-state index < -0.39 is 0 Å². The Kier molecular flexibility index (Phi) is 15.9. The van der Waals surface area contributed by atoms with Crippen molar-refractivity contribution in [3.05, 3.63) is 6.61 Å². The number of unbranched alkanes of at least 4 members (excludes halogenated alkanes) is 10. The molecule has 0 fully saturated rings. The van der Waals surface area contributed by atoms with Gasteiger partial charge in [-0.25, -0.2) is 0 Å². The summed E-state index contributed by atoms with van der Waals surface area (Å²) in [5.41, 5.74) is 0. The van der Waals surface area contributed by atoms with E-state index in [1.54, 1.807) is 0 Å². The minimum absolute atomic E-state index is 0.921. The van der Waals surface area contributed by atoms with Crippen LogP contribution < -0.4 is 0 Å². The lowest BCUT2D eigenvalue weighted by Crippen LogP contribution is -1.91. The molecule has 1 heteroatoms. The van der Waals surface area contributed by atoms with Gasteiger partial charge in [0.05, 0.1) is 6.61 Å². The largest absolute Gasteiger partial charge is 0.376 e. The van der Waals surface area contributed by atoms with Crippen LogP contribution in [-0.2, 0) is 4.74 Å². The standard InChI is InChI=1S/C16H33O/c1-3-5-6-7-8-9-10-11-12-13-14-16-17-15-4-2/h15H,3-14,16H2,1-2H3. The van der Waals surface area contributed by atoms with Gasteiger partial charge in [0.2, 0.25) is 0 Å². The van der Waals surface area contributed by atoms with Gasteiger partial charge in [0.1, 0.15) is 0 Å². The lowest BCUT2D eigenvalue weighted by atomic mass is 10.1. The van der Waals surface area contributed by atoms with Crippen molar-refractivity contribution in [3.8, 4) is 0 Å². The van der Waals surface area contributed by atoms with Gasteiger partial charge in [0, 0.05) is 6.61 Å². The fourth-order valence-electron chi connectivity index (χ4n) is 2.05. The Morgan fingerprint density at radius 1 is 0.647 bits per heavy atom. The van der Waals surface area contributed by atoms with Crippen molar-refractivity contribution in [1.29, 1.82) is 0 Å². The quantitative estimate of drug-likeness (QED) is 0.345. The number of rotatable bonds is 14. The van der Waals surface area contributed by atoms with Crippen LogP contribution in [0, 0.1) is 6.61 Å². The molecule has 0 saturated carbocycles. The third kappa shape index (κ3) is 16.0. The molecule has 0 saturated heterocycles. The van der Waals surface area contributed by atoms with E-state index in [0.717, 1.165) is 13.0 Å². The molecule has 0 rings (SSSR count). The van der Waals surface area contributed by atoms with Crippen LogP contribution in [0.5, 0.6) is 0 Å². The van der Waals surface area contributed by atoms with Crippen LogP contribution in [0.15, 0.2) is 0 Å². The van der Waals surface area contributed by atoms with Crippen LogP contribution >= 0.6 is 0 Å². The second-order valence-electron chi connectivity index (χ2n) is 4.98. The molecular formula is C16H33O. The van der Waals surface area contributed by atoms with Gasteiger partial charge in [-0.05, 0) is 12.8 Å². The molecule has 0 bridgehead atoms. The zero-order valence-corrected chi connectivity index (χ0v) is 12.2. The summed E-state index contributed by atoms with van der Waals surface area (Å²) in [5.74, 6) is 0. The van der Waals surface area contributed by atoms with Gasteiger partial charge in [-0.2, -0.15) is 0 Å². The lowest BCUT2D eigenvalue weighted by Gasteiger charge is -2.03. The average molecular weight is 241 g/mol. The molecular weight excluding hydrogens is 208 g/mol. The van der Waals surface area contributed by atoms with Crippen molar-refractivity contribution in [2.75, 3.05) is 6.61 Å². The van der Waals surface area contributed by atoms with Crippen LogP contribution in [0.25, 0.3) is 0 Å². The maximum atomic E-state index is 5.34. The molecule has 0 spiro atoms. The molecule has 17 heavy (non-hydrogen) atoms. The van der Waals surface area contributed by atoms with Crippen LogP contribution in [0.3, 0.4) is 0 Å². The van der Waals surface area contributed by atoms with Crippen LogP contribution in [0.4, 0.5) is 0 Å². The Morgan fingerprint density at radius 3 is 1.59 bits per heavy atom. The molecule has 0 aromatic rings. The highest BCUT2D eigenvalue weighted by Gasteiger charge is 1.93. The molecule has 0 aliphatic carbocycles. The molecule has 0 unspecified atom stereocenters. The van der Waals surface area contributed by atoms with Crippen molar-refractivity contribution < 1.29 is 4.74 Å². The van der Waals surface area contributed by atoms with Crippen LogP contribution in [-0.4, -0.2) is 6.61 Å². The summed E-state index contributed by atoms with van der Waals surface area (Å²) in [5, 5.41) is 0. The van der Waals surface area contributed by atoms with Crippen molar-refractivity contribution in [3.63, 3.8) is 0 Å². The van der Waals surface area contributed by atoms with Crippen molar-refractivity contribution in [2.45, 2.75) is 90.9 Å². The third-order valence-corrected chi connectivity index (χ3v) is 3.15. The molecule has 1 radical (unpaired) electrons. The number of hydrogen-bond donors (Lipinski definition) is 0.